The fraction of sp³-hybridized carbons (Fsp3) is 0.409. The van der Waals surface area contributed by atoms with Gasteiger partial charge in [0, 0.05) is 31.1 Å². The van der Waals surface area contributed by atoms with Crippen molar-refractivity contribution in [3.05, 3.63) is 53.6 Å². The van der Waals surface area contributed by atoms with E-state index in [-0.39, 0.29) is 12.2 Å². The molecule has 0 spiro atoms. The zero-order valence-corrected chi connectivity index (χ0v) is 15.9. The number of nitrogens with one attached hydrogen (secondary N) is 1. The summed E-state index contributed by atoms with van der Waals surface area (Å²) in [7, 11) is 3.52. The molecule has 0 aromatic heterocycles. The van der Waals surface area contributed by atoms with Crippen molar-refractivity contribution in [3.8, 4) is 16.9 Å². The lowest BCUT2D eigenvalue weighted by Crippen LogP contribution is -2.39. The van der Waals surface area contributed by atoms with Crippen LogP contribution in [0.3, 0.4) is 0 Å². The lowest BCUT2D eigenvalue weighted by atomic mass is 9.96. The van der Waals surface area contributed by atoms with E-state index in [2.05, 4.69) is 17.4 Å². The first-order valence-electron chi connectivity index (χ1n) is 9.56. The molecule has 5 nitrogen and oxygen atoms in total. The molecule has 5 heteroatoms. The van der Waals surface area contributed by atoms with Crippen LogP contribution >= 0.6 is 0 Å². The van der Waals surface area contributed by atoms with Crippen LogP contribution in [0.25, 0.3) is 11.1 Å². The van der Waals surface area contributed by atoms with Crippen LogP contribution in [0, 0.1) is 5.92 Å². The van der Waals surface area contributed by atoms with Crippen LogP contribution in [-0.2, 0) is 11.3 Å². The summed E-state index contributed by atoms with van der Waals surface area (Å²) in [4.78, 5) is 13.6. The molecule has 1 N–H and O–H groups in total. The largest absolute Gasteiger partial charge is 0.464 e. The Morgan fingerprint density at radius 1 is 1.04 bits per heavy atom. The summed E-state index contributed by atoms with van der Waals surface area (Å²) in [6.07, 6.45) is 2.05. The van der Waals surface area contributed by atoms with Gasteiger partial charge >= 0.3 is 0 Å². The van der Waals surface area contributed by atoms with E-state index in [9.17, 15) is 4.79 Å². The van der Waals surface area contributed by atoms with E-state index in [4.69, 9.17) is 9.47 Å². The van der Waals surface area contributed by atoms with Crippen molar-refractivity contribution >= 4 is 5.91 Å². The van der Waals surface area contributed by atoms with Gasteiger partial charge in [0.15, 0.2) is 0 Å². The standard InChI is InChI=1S/C22H26N2O3/c1-24(2)21(25)16-5-3-15(4-6-16)18-7-8-20-19(13-18)14-26-22(27-20)17-9-11-23-12-10-17/h3-8,13,17,22-23H,9-12,14H2,1-2H3. The molecule has 1 saturated heterocycles. The highest BCUT2D eigenvalue weighted by Crippen LogP contribution is 2.34. The van der Waals surface area contributed by atoms with Gasteiger partial charge in [-0.2, -0.15) is 0 Å². The number of carbonyl (C=O) groups is 1. The van der Waals surface area contributed by atoms with E-state index >= 15 is 0 Å². The predicted molar refractivity (Wildman–Crippen MR) is 105 cm³/mol. The van der Waals surface area contributed by atoms with Crippen molar-refractivity contribution < 1.29 is 14.3 Å². The van der Waals surface area contributed by atoms with E-state index in [1.165, 1.54) is 0 Å². The molecule has 2 heterocycles. The topological polar surface area (TPSA) is 50.8 Å². The molecule has 27 heavy (non-hydrogen) atoms. The summed E-state index contributed by atoms with van der Waals surface area (Å²) in [6, 6.07) is 14.0. The predicted octanol–water partition coefficient (Wildman–Crippen LogP) is 3.29. The molecule has 2 aliphatic heterocycles. The van der Waals surface area contributed by atoms with Gasteiger partial charge < -0.3 is 19.7 Å². The van der Waals surface area contributed by atoms with E-state index in [0.29, 0.717) is 18.1 Å². The van der Waals surface area contributed by atoms with Crippen LogP contribution in [0.5, 0.6) is 5.75 Å². The summed E-state index contributed by atoms with van der Waals surface area (Å²) in [5.74, 6) is 1.39. The average molecular weight is 366 g/mol. The number of fused-ring (bicyclic) bond motifs is 1. The highest BCUT2D eigenvalue weighted by Gasteiger charge is 2.29. The second kappa shape index (κ2) is 7.71. The molecule has 0 radical (unpaired) electrons. The van der Waals surface area contributed by atoms with Gasteiger partial charge in [-0.15, -0.1) is 0 Å². The number of hydrogen-bond donors (Lipinski definition) is 1. The molecule has 0 saturated carbocycles. The van der Waals surface area contributed by atoms with Crippen LogP contribution in [0.1, 0.15) is 28.8 Å². The van der Waals surface area contributed by atoms with Gasteiger partial charge in [-0.25, -0.2) is 0 Å². The second-order valence-electron chi connectivity index (χ2n) is 7.48. The van der Waals surface area contributed by atoms with Gasteiger partial charge in [-0.3, -0.25) is 4.79 Å². The Morgan fingerprint density at radius 2 is 1.74 bits per heavy atom. The van der Waals surface area contributed by atoms with E-state index in [0.717, 1.165) is 48.4 Å². The number of hydrogen-bond acceptors (Lipinski definition) is 4. The lowest BCUT2D eigenvalue weighted by Gasteiger charge is -2.34. The number of amides is 1. The number of carbonyl (C=O) groups excluding carboxylic acids is 1. The first-order valence-corrected chi connectivity index (χ1v) is 9.56. The van der Waals surface area contributed by atoms with Gasteiger partial charge in [-0.05, 0) is 61.3 Å². The molecule has 2 aromatic rings. The highest BCUT2D eigenvalue weighted by atomic mass is 16.7. The Bertz CT molecular complexity index is 811. The molecule has 1 unspecified atom stereocenters. The molecule has 1 atom stereocenters. The van der Waals surface area contributed by atoms with Gasteiger partial charge in [-0.1, -0.05) is 18.2 Å². The summed E-state index contributed by atoms with van der Waals surface area (Å²) < 4.78 is 12.2. The van der Waals surface area contributed by atoms with E-state index in [1.807, 2.05) is 30.3 Å². The van der Waals surface area contributed by atoms with Gasteiger partial charge in [0.25, 0.3) is 5.91 Å². The van der Waals surface area contributed by atoms with Crippen LogP contribution in [0.4, 0.5) is 0 Å². The molecule has 0 bridgehead atoms. The number of rotatable bonds is 3. The maximum atomic E-state index is 12.0. The first-order chi connectivity index (χ1) is 13.1. The van der Waals surface area contributed by atoms with Crippen molar-refractivity contribution in [2.24, 2.45) is 5.92 Å². The molecule has 4 rings (SSSR count). The van der Waals surface area contributed by atoms with Crippen molar-refractivity contribution in [2.45, 2.75) is 25.7 Å². The van der Waals surface area contributed by atoms with E-state index in [1.54, 1.807) is 19.0 Å². The molecule has 2 aliphatic rings. The normalized spacial score (nSPS) is 19.9. The fourth-order valence-electron chi connectivity index (χ4n) is 3.73. The van der Waals surface area contributed by atoms with Crippen molar-refractivity contribution in [3.63, 3.8) is 0 Å². The second-order valence-corrected chi connectivity index (χ2v) is 7.48. The number of ether oxygens (including phenoxy) is 2. The van der Waals surface area contributed by atoms with Crippen molar-refractivity contribution in [2.75, 3.05) is 27.2 Å². The minimum absolute atomic E-state index is 0.0118. The molecule has 1 fully saturated rings. The van der Waals surface area contributed by atoms with E-state index < -0.39 is 0 Å². The molecule has 142 valence electrons. The Kier molecular flexibility index (Phi) is 5.14. The van der Waals surface area contributed by atoms with Gasteiger partial charge in [0.05, 0.1) is 6.61 Å². The highest BCUT2D eigenvalue weighted by molar-refractivity contribution is 5.94. The zero-order chi connectivity index (χ0) is 18.8. The monoisotopic (exact) mass is 366 g/mol. The number of benzene rings is 2. The maximum Gasteiger partial charge on any atom is 0.253 e. The molecular formula is C22H26N2O3. The Balaban J connectivity index is 1.50. The fourth-order valence-corrected chi connectivity index (χ4v) is 3.73. The SMILES string of the molecule is CN(C)C(=O)c1ccc(-c2ccc3c(c2)COC(C2CCNCC2)O3)cc1. The number of piperidine rings is 1. The minimum Gasteiger partial charge on any atom is -0.464 e. The third-order valence-corrected chi connectivity index (χ3v) is 5.35. The lowest BCUT2D eigenvalue weighted by molar-refractivity contribution is -0.145. The summed E-state index contributed by atoms with van der Waals surface area (Å²) in [5, 5.41) is 3.38. The Hall–Kier alpha value is -2.37. The quantitative estimate of drug-likeness (QED) is 0.906. The van der Waals surface area contributed by atoms with Crippen molar-refractivity contribution in [1.29, 1.82) is 0 Å². The summed E-state index contributed by atoms with van der Waals surface area (Å²) in [6.45, 7) is 2.65. The van der Waals surface area contributed by atoms with Crippen LogP contribution < -0.4 is 10.1 Å². The maximum absolute atomic E-state index is 12.0. The number of nitrogens with zero attached hydrogens (tertiary/aromatic N) is 1. The molecule has 0 aliphatic carbocycles. The van der Waals surface area contributed by atoms with Crippen LogP contribution in [-0.4, -0.2) is 44.3 Å². The molecule has 1 amide bonds. The minimum atomic E-state index is -0.137. The first kappa shape index (κ1) is 18.0. The Morgan fingerprint density at radius 3 is 2.44 bits per heavy atom. The van der Waals surface area contributed by atoms with Crippen molar-refractivity contribution in [1.82, 2.24) is 10.2 Å². The third-order valence-electron chi connectivity index (χ3n) is 5.35. The average Bonchev–Trinajstić information content (AvgIpc) is 2.73. The summed E-state index contributed by atoms with van der Waals surface area (Å²) in [5.41, 5.74) is 3.95. The van der Waals surface area contributed by atoms with Crippen LogP contribution in [0.15, 0.2) is 42.5 Å². The zero-order valence-electron chi connectivity index (χ0n) is 15.9. The molecular weight excluding hydrogens is 340 g/mol. The smallest absolute Gasteiger partial charge is 0.253 e. The summed E-state index contributed by atoms with van der Waals surface area (Å²) >= 11 is 0. The Labute approximate surface area is 160 Å². The van der Waals surface area contributed by atoms with Crippen LogP contribution in [0.2, 0.25) is 0 Å². The van der Waals surface area contributed by atoms with Gasteiger partial charge in [0.1, 0.15) is 5.75 Å². The van der Waals surface area contributed by atoms with Gasteiger partial charge in [0.2, 0.25) is 6.29 Å². The molecule has 2 aromatic carbocycles. The third kappa shape index (κ3) is 3.84.